The van der Waals surface area contributed by atoms with E-state index in [-0.39, 0.29) is 11.8 Å². The quantitative estimate of drug-likeness (QED) is 0.828. The van der Waals surface area contributed by atoms with Gasteiger partial charge in [0.2, 0.25) is 10.0 Å². The lowest BCUT2D eigenvalue weighted by molar-refractivity contribution is 0.0541. The second-order valence-corrected chi connectivity index (χ2v) is 8.78. The monoisotopic (exact) mass is 336 g/mol. The summed E-state index contributed by atoms with van der Waals surface area (Å²) in [7, 11) is -1.71. The van der Waals surface area contributed by atoms with Crippen LogP contribution >= 0.6 is 0 Å². The number of hydrogen-bond donors (Lipinski definition) is 0. The Morgan fingerprint density at radius 3 is 2.74 bits per heavy atom. The van der Waals surface area contributed by atoms with E-state index in [2.05, 4.69) is 6.07 Å². The molecule has 0 aliphatic carbocycles. The van der Waals surface area contributed by atoms with Gasteiger partial charge < -0.3 is 4.74 Å². The van der Waals surface area contributed by atoms with Crippen molar-refractivity contribution in [2.75, 3.05) is 12.8 Å². The number of benzene rings is 1. The van der Waals surface area contributed by atoms with Crippen molar-refractivity contribution >= 4 is 10.0 Å². The highest BCUT2D eigenvalue weighted by molar-refractivity contribution is 7.89. The molecule has 1 atom stereocenters. The van der Waals surface area contributed by atoms with Gasteiger partial charge in [-0.1, -0.05) is 13.3 Å². The Kier molecular flexibility index (Phi) is 5.02. The van der Waals surface area contributed by atoms with Crippen molar-refractivity contribution in [1.29, 1.82) is 5.26 Å². The average Bonchev–Trinajstić information content (AvgIpc) is 2.50. The van der Waals surface area contributed by atoms with Crippen molar-refractivity contribution in [3.63, 3.8) is 0 Å². The summed E-state index contributed by atoms with van der Waals surface area (Å²) in [6, 6.07) is 6.98. The van der Waals surface area contributed by atoms with Crippen LogP contribution in [0, 0.1) is 11.3 Å². The molecule has 1 aliphatic rings. The van der Waals surface area contributed by atoms with Crippen LogP contribution in [0.25, 0.3) is 0 Å². The van der Waals surface area contributed by atoms with Crippen LogP contribution in [0.3, 0.4) is 0 Å². The number of ether oxygens (including phenoxy) is 1. The van der Waals surface area contributed by atoms with E-state index >= 15 is 0 Å². The third-order valence-electron chi connectivity index (χ3n) is 4.20. The minimum atomic E-state index is -3.34. The fourth-order valence-corrected chi connectivity index (χ4v) is 4.39. The van der Waals surface area contributed by atoms with E-state index in [0.29, 0.717) is 24.2 Å². The van der Waals surface area contributed by atoms with E-state index in [1.807, 2.05) is 20.8 Å². The second-order valence-electron chi connectivity index (χ2n) is 6.63. The van der Waals surface area contributed by atoms with Gasteiger partial charge in [-0.05, 0) is 38.5 Å². The molecule has 5 nitrogen and oxygen atoms in total. The van der Waals surface area contributed by atoms with Gasteiger partial charge in [0.1, 0.15) is 11.4 Å². The molecule has 0 bridgehead atoms. The number of nitrogens with zero attached hydrogens (tertiary/aromatic N) is 2. The van der Waals surface area contributed by atoms with Crippen LogP contribution in [0.2, 0.25) is 0 Å². The molecule has 0 aromatic heterocycles. The van der Waals surface area contributed by atoms with Gasteiger partial charge in [-0.2, -0.15) is 9.57 Å². The van der Waals surface area contributed by atoms with Gasteiger partial charge in [-0.25, -0.2) is 8.42 Å². The summed E-state index contributed by atoms with van der Waals surface area (Å²) in [5, 5.41) is 9.12. The van der Waals surface area contributed by atoms with E-state index in [1.165, 1.54) is 4.31 Å². The molecule has 0 saturated heterocycles. The van der Waals surface area contributed by atoms with Gasteiger partial charge in [0.15, 0.2) is 0 Å². The highest BCUT2D eigenvalue weighted by Crippen LogP contribution is 2.43. The molecule has 1 aromatic rings. The van der Waals surface area contributed by atoms with Gasteiger partial charge in [0.05, 0.1) is 23.4 Å². The zero-order valence-corrected chi connectivity index (χ0v) is 15.0. The summed E-state index contributed by atoms with van der Waals surface area (Å²) in [4.78, 5) is 0. The number of fused-ring (bicyclic) bond motifs is 1. The summed E-state index contributed by atoms with van der Waals surface area (Å²) in [6.07, 6.45) is 2.03. The van der Waals surface area contributed by atoms with Crippen LogP contribution in [-0.4, -0.2) is 31.1 Å². The first kappa shape index (κ1) is 17.8. The maximum atomic E-state index is 12.6. The molecule has 1 aromatic carbocycles. The summed E-state index contributed by atoms with van der Waals surface area (Å²) >= 11 is 0. The van der Waals surface area contributed by atoms with Crippen molar-refractivity contribution in [2.45, 2.75) is 51.7 Å². The van der Waals surface area contributed by atoms with Gasteiger partial charge in [0, 0.05) is 19.0 Å². The highest BCUT2D eigenvalue weighted by atomic mass is 32.2. The molecule has 126 valence electrons. The summed E-state index contributed by atoms with van der Waals surface area (Å²) < 4.78 is 32.6. The first-order valence-electron chi connectivity index (χ1n) is 7.89. The zero-order valence-electron chi connectivity index (χ0n) is 14.2. The molecule has 0 saturated carbocycles. The molecule has 23 heavy (non-hydrogen) atoms. The zero-order chi connectivity index (χ0) is 17.3. The molecule has 0 fully saturated rings. The fraction of sp³-hybridized carbons (Fsp3) is 0.588. The van der Waals surface area contributed by atoms with Gasteiger partial charge >= 0.3 is 0 Å². The Morgan fingerprint density at radius 1 is 1.43 bits per heavy atom. The normalized spacial score (nSPS) is 19.7. The van der Waals surface area contributed by atoms with E-state index in [1.54, 1.807) is 25.2 Å². The Labute approximate surface area is 138 Å². The van der Waals surface area contributed by atoms with Crippen LogP contribution in [-0.2, 0) is 10.0 Å². The topological polar surface area (TPSA) is 70.4 Å². The summed E-state index contributed by atoms with van der Waals surface area (Å²) in [6.45, 7) is 5.88. The number of sulfonamides is 1. The molecule has 0 spiro atoms. The SMILES string of the molecule is CCCCS(=O)(=O)N(C)C1CC(C)(C)Oc2ccc(C#N)cc21. The summed E-state index contributed by atoms with van der Waals surface area (Å²) in [5.74, 6) is 0.799. The lowest BCUT2D eigenvalue weighted by Gasteiger charge is -2.40. The molecule has 0 amide bonds. The summed E-state index contributed by atoms with van der Waals surface area (Å²) in [5.41, 5.74) is 0.822. The molecule has 1 heterocycles. The van der Waals surface area contributed by atoms with Crippen LogP contribution < -0.4 is 4.74 Å². The van der Waals surface area contributed by atoms with Crippen molar-refractivity contribution < 1.29 is 13.2 Å². The van der Waals surface area contributed by atoms with Gasteiger partial charge in [-0.15, -0.1) is 0 Å². The maximum Gasteiger partial charge on any atom is 0.214 e. The molecular weight excluding hydrogens is 312 g/mol. The standard InChI is InChI=1S/C17H24N2O3S/c1-5-6-9-23(20,21)19(4)15-11-17(2,3)22-16-8-7-13(12-18)10-14(15)16/h7-8,10,15H,5-6,9,11H2,1-4H3. The Hall–Kier alpha value is -1.58. The van der Waals surface area contributed by atoms with Crippen molar-refractivity contribution in [1.82, 2.24) is 4.31 Å². The fourth-order valence-electron chi connectivity index (χ4n) is 2.88. The van der Waals surface area contributed by atoms with Crippen molar-refractivity contribution in [3.05, 3.63) is 29.3 Å². The van der Waals surface area contributed by atoms with Crippen LogP contribution in [0.1, 0.15) is 57.2 Å². The predicted octanol–water partition coefficient (Wildman–Crippen LogP) is 3.22. The Bertz CT molecular complexity index is 720. The van der Waals surface area contributed by atoms with Crippen LogP contribution in [0.15, 0.2) is 18.2 Å². The third-order valence-corrected chi connectivity index (χ3v) is 6.14. The number of unbranched alkanes of at least 4 members (excludes halogenated alkanes) is 1. The van der Waals surface area contributed by atoms with Crippen LogP contribution in [0.4, 0.5) is 0 Å². The minimum Gasteiger partial charge on any atom is -0.487 e. The van der Waals surface area contributed by atoms with Gasteiger partial charge in [-0.3, -0.25) is 0 Å². The van der Waals surface area contributed by atoms with Crippen molar-refractivity contribution in [3.8, 4) is 11.8 Å². The maximum absolute atomic E-state index is 12.6. The lowest BCUT2D eigenvalue weighted by atomic mass is 9.89. The van der Waals surface area contributed by atoms with Crippen molar-refractivity contribution in [2.24, 2.45) is 0 Å². The number of hydrogen-bond acceptors (Lipinski definition) is 4. The third kappa shape index (κ3) is 3.85. The molecule has 1 aliphatic heterocycles. The predicted molar refractivity (Wildman–Crippen MR) is 89.7 cm³/mol. The first-order valence-corrected chi connectivity index (χ1v) is 9.50. The molecule has 1 unspecified atom stereocenters. The Balaban J connectivity index is 2.44. The minimum absolute atomic E-state index is 0.144. The average molecular weight is 336 g/mol. The lowest BCUT2D eigenvalue weighted by Crippen LogP contribution is -2.42. The molecule has 6 heteroatoms. The highest BCUT2D eigenvalue weighted by Gasteiger charge is 2.39. The van der Waals surface area contributed by atoms with E-state index in [4.69, 9.17) is 10.00 Å². The molecule has 0 N–H and O–H groups in total. The second kappa shape index (κ2) is 6.50. The molecular formula is C17H24N2O3S. The van der Waals surface area contributed by atoms with E-state index < -0.39 is 15.6 Å². The Morgan fingerprint density at radius 2 is 2.13 bits per heavy atom. The molecule has 2 rings (SSSR count). The van der Waals surface area contributed by atoms with Crippen LogP contribution in [0.5, 0.6) is 5.75 Å². The largest absolute Gasteiger partial charge is 0.487 e. The van der Waals surface area contributed by atoms with Gasteiger partial charge in [0.25, 0.3) is 0 Å². The number of nitriles is 1. The van der Waals surface area contributed by atoms with E-state index in [0.717, 1.165) is 12.0 Å². The molecule has 0 radical (unpaired) electrons. The smallest absolute Gasteiger partial charge is 0.214 e. The number of rotatable bonds is 5. The van der Waals surface area contributed by atoms with E-state index in [9.17, 15) is 8.42 Å². The first-order chi connectivity index (χ1) is 10.7.